The Morgan fingerprint density at radius 1 is 1.60 bits per heavy atom. The summed E-state index contributed by atoms with van der Waals surface area (Å²) in [6.07, 6.45) is -0.0626. The van der Waals surface area contributed by atoms with Crippen molar-refractivity contribution in [3.63, 3.8) is 0 Å². The van der Waals surface area contributed by atoms with Crippen molar-refractivity contribution in [3.8, 4) is 0 Å². The molecule has 0 spiro atoms. The Morgan fingerprint density at radius 3 is 2.60 bits per heavy atom. The number of ketones is 1. The average molecular weight is 218 g/mol. The van der Waals surface area contributed by atoms with Gasteiger partial charge in [0.2, 0.25) is 0 Å². The van der Waals surface area contributed by atoms with Crippen LogP contribution in [0.5, 0.6) is 0 Å². The summed E-state index contributed by atoms with van der Waals surface area (Å²) in [6.45, 7) is 0.114. The van der Waals surface area contributed by atoms with E-state index in [0.29, 0.717) is 0 Å². The van der Waals surface area contributed by atoms with Crippen LogP contribution in [0.3, 0.4) is 0 Å². The highest BCUT2D eigenvalue weighted by Gasteiger charge is 2.25. The first-order valence-corrected chi connectivity index (χ1v) is 4.11. The predicted molar refractivity (Wildman–Crippen MR) is 51.1 cm³/mol. The van der Waals surface area contributed by atoms with Gasteiger partial charge in [-0.3, -0.25) is 10.2 Å². The number of rotatable bonds is 7. The molecule has 6 N–H and O–H groups in total. The summed E-state index contributed by atoms with van der Waals surface area (Å²) in [5.41, 5.74) is 7.04. The fourth-order valence-electron chi connectivity index (χ4n) is 0.836. The van der Waals surface area contributed by atoms with Crippen LogP contribution in [0.2, 0.25) is 0 Å². The molecule has 0 fully saturated rings. The first-order valence-electron chi connectivity index (χ1n) is 4.11. The van der Waals surface area contributed by atoms with Gasteiger partial charge in [0.15, 0.2) is 17.8 Å². The minimum Gasteiger partial charge on any atom is -0.480 e. The first kappa shape index (κ1) is 13.3. The summed E-state index contributed by atoms with van der Waals surface area (Å²) in [7, 11) is 1.22. The van der Waals surface area contributed by atoms with E-state index in [4.69, 9.17) is 16.2 Å². The van der Waals surface area contributed by atoms with Gasteiger partial charge in [0, 0.05) is 13.0 Å². The van der Waals surface area contributed by atoms with Crippen LogP contribution >= 0.6 is 0 Å². The van der Waals surface area contributed by atoms with Crippen molar-refractivity contribution >= 4 is 17.7 Å². The third kappa shape index (κ3) is 5.60. The summed E-state index contributed by atoms with van der Waals surface area (Å²) in [4.78, 5) is 26.2. The lowest BCUT2D eigenvalue weighted by atomic mass is 10.1. The van der Waals surface area contributed by atoms with Crippen molar-refractivity contribution in [2.24, 2.45) is 5.73 Å². The lowest BCUT2D eigenvalue weighted by Gasteiger charge is -2.11. The molecule has 8 nitrogen and oxygen atoms in total. The van der Waals surface area contributed by atoms with Crippen molar-refractivity contribution in [3.05, 3.63) is 0 Å². The van der Waals surface area contributed by atoms with E-state index in [1.165, 1.54) is 7.11 Å². The minimum absolute atomic E-state index is 0.0626. The lowest BCUT2D eigenvalue weighted by Crippen LogP contribution is -2.44. The highest BCUT2D eigenvalue weighted by molar-refractivity contribution is 6.02. The van der Waals surface area contributed by atoms with E-state index in [2.05, 4.69) is 15.6 Å². The number of carbonyl (C=O) groups is 2. The molecule has 8 heteroatoms. The van der Waals surface area contributed by atoms with E-state index in [-0.39, 0.29) is 18.9 Å². The Kier molecular flexibility index (Phi) is 5.99. The molecule has 0 aliphatic heterocycles. The molecule has 0 aliphatic carbocycles. The summed E-state index contributed by atoms with van der Waals surface area (Å²) in [5, 5.41) is 17.8. The van der Waals surface area contributed by atoms with Crippen molar-refractivity contribution in [2.45, 2.75) is 12.5 Å². The van der Waals surface area contributed by atoms with Gasteiger partial charge in [-0.15, -0.1) is 0 Å². The molecule has 0 aromatic heterocycles. The third-order valence-electron chi connectivity index (χ3n) is 1.49. The molecule has 0 heterocycles. The molecule has 0 radical (unpaired) electrons. The SMILES string of the molecule is CONC(C(=O)O)C(=O)CCNC(=N)N. The Hall–Kier alpha value is -1.67. The van der Waals surface area contributed by atoms with Crippen LogP contribution in [0.15, 0.2) is 0 Å². The molecule has 0 saturated heterocycles. The van der Waals surface area contributed by atoms with Crippen LogP contribution < -0.4 is 16.5 Å². The topological polar surface area (TPSA) is 138 Å². The zero-order chi connectivity index (χ0) is 11.8. The van der Waals surface area contributed by atoms with Crippen molar-refractivity contribution in [1.29, 1.82) is 5.41 Å². The van der Waals surface area contributed by atoms with E-state index >= 15 is 0 Å². The molecule has 0 aromatic rings. The van der Waals surface area contributed by atoms with E-state index in [0.717, 1.165) is 0 Å². The lowest BCUT2D eigenvalue weighted by molar-refractivity contribution is -0.147. The molecule has 0 bridgehead atoms. The highest BCUT2D eigenvalue weighted by atomic mass is 16.6. The fourth-order valence-corrected chi connectivity index (χ4v) is 0.836. The van der Waals surface area contributed by atoms with Gasteiger partial charge in [-0.25, -0.2) is 4.79 Å². The second kappa shape index (κ2) is 6.74. The number of nitrogens with one attached hydrogen (secondary N) is 3. The molecule has 86 valence electrons. The number of nitrogens with two attached hydrogens (primary N) is 1. The van der Waals surface area contributed by atoms with Gasteiger partial charge in [0.25, 0.3) is 0 Å². The van der Waals surface area contributed by atoms with Gasteiger partial charge < -0.3 is 21.0 Å². The number of hydrogen-bond donors (Lipinski definition) is 5. The zero-order valence-corrected chi connectivity index (χ0v) is 8.24. The molecule has 1 atom stereocenters. The van der Waals surface area contributed by atoms with Gasteiger partial charge in [0.05, 0.1) is 7.11 Å². The smallest absolute Gasteiger partial charge is 0.330 e. The maximum absolute atomic E-state index is 11.3. The second-order valence-corrected chi connectivity index (χ2v) is 2.65. The Labute approximate surface area is 86.2 Å². The van der Waals surface area contributed by atoms with Gasteiger partial charge in [0.1, 0.15) is 0 Å². The van der Waals surface area contributed by atoms with Crippen LogP contribution in [-0.2, 0) is 14.4 Å². The summed E-state index contributed by atoms with van der Waals surface area (Å²) >= 11 is 0. The normalized spacial score (nSPS) is 11.8. The fraction of sp³-hybridized carbons (Fsp3) is 0.571. The number of Topliss-reactive ketones (excluding diaryl/α,β-unsaturated/α-hetero) is 1. The zero-order valence-electron chi connectivity index (χ0n) is 8.24. The quantitative estimate of drug-likeness (QED) is 0.145. The number of carbonyl (C=O) groups excluding carboxylic acids is 1. The van der Waals surface area contributed by atoms with Crippen molar-refractivity contribution in [1.82, 2.24) is 10.8 Å². The van der Waals surface area contributed by atoms with Crippen LogP contribution in [0.1, 0.15) is 6.42 Å². The average Bonchev–Trinajstić information content (AvgIpc) is 2.12. The molecule has 0 saturated carbocycles. The van der Waals surface area contributed by atoms with Crippen molar-refractivity contribution < 1.29 is 19.5 Å². The Balaban J connectivity index is 4.03. The molecule has 0 rings (SSSR count). The first-order chi connectivity index (χ1) is 6.99. The Bertz CT molecular complexity index is 255. The molecular weight excluding hydrogens is 204 g/mol. The summed E-state index contributed by atoms with van der Waals surface area (Å²) < 4.78 is 0. The largest absolute Gasteiger partial charge is 0.480 e. The van der Waals surface area contributed by atoms with Gasteiger partial charge >= 0.3 is 5.97 Å². The number of aliphatic carboxylic acids is 1. The van der Waals surface area contributed by atoms with E-state index in [1.807, 2.05) is 0 Å². The molecule has 0 amide bonds. The monoisotopic (exact) mass is 218 g/mol. The number of guanidine groups is 1. The van der Waals surface area contributed by atoms with Crippen molar-refractivity contribution in [2.75, 3.05) is 13.7 Å². The van der Waals surface area contributed by atoms with E-state index in [1.54, 1.807) is 0 Å². The van der Waals surface area contributed by atoms with Gasteiger partial charge in [-0.2, -0.15) is 5.48 Å². The number of hydrogen-bond acceptors (Lipinski definition) is 5. The van der Waals surface area contributed by atoms with Gasteiger partial charge in [-0.1, -0.05) is 0 Å². The van der Waals surface area contributed by atoms with Crippen LogP contribution in [0, 0.1) is 5.41 Å². The highest BCUT2D eigenvalue weighted by Crippen LogP contribution is 1.92. The van der Waals surface area contributed by atoms with Crippen LogP contribution in [-0.4, -0.2) is 42.5 Å². The molecule has 15 heavy (non-hydrogen) atoms. The molecule has 0 aromatic carbocycles. The second-order valence-electron chi connectivity index (χ2n) is 2.65. The van der Waals surface area contributed by atoms with E-state index in [9.17, 15) is 9.59 Å². The summed E-state index contributed by atoms with van der Waals surface area (Å²) in [5.74, 6) is -2.14. The minimum atomic E-state index is -1.40. The molecular formula is C7H14N4O4. The molecule has 1 unspecified atom stereocenters. The maximum Gasteiger partial charge on any atom is 0.330 e. The van der Waals surface area contributed by atoms with Crippen LogP contribution in [0.4, 0.5) is 0 Å². The number of hydroxylamine groups is 1. The van der Waals surface area contributed by atoms with Gasteiger partial charge in [-0.05, 0) is 0 Å². The predicted octanol–water partition coefficient (Wildman–Crippen LogP) is -1.97. The third-order valence-corrected chi connectivity index (χ3v) is 1.49. The number of carboxylic acid groups (broad SMARTS) is 1. The molecule has 0 aliphatic rings. The van der Waals surface area contributed by atoms with E-state index < -0.39 is 17.8 Å². The standard InChI is InChI=1S/C7H14N4O4/c1-15-11-5(6(13)14)4(12)2-3-10-7(8)9/h5,11H,2-3H2,1H3,(H,13,14)(H4,8,9,10). The number of carboxylic acids is 1. The Morgan fingerprint density at radius 2 is 2.20 bits per heavy atom. The van der Waals surface area contributed by atoms with Crippen LogP contribution in [0.25, 0.3) is 0 Å². The summed E-state index contributed by atoms with van der Waals surface area (Å²) in [6, 6.07) is -1.40. The maximum atomic E-state index is 11.3.